The summed E-state index contributed by atoms with van der Waals surface area (Å²) in [5.41, 5.74) is 6.56. The van der Waals surface area contributed by atoms with Gasteiger partial charge in [-0.3, -0.25) is 4.79 Å². The third-order valence-corrected chi connectivity index (χ3v) is 3.25. The lowest BCUT2D eigenvalue weighted by Crippen LogP contribution is -2.31. The number of carbonyl (C=O) groups is 1. The van der Waals surface area contributed by atoms with E-state index in [-0.39, 0.29) is 12.5 Å². The number of nitrogens with two attached hydrogens (primary N) is 1. The maximum atomic E-state index is 12.0. The van der Waals surface area contributed by atoms with Gasteiger partial charge in [-0.2, -0.15) is 0 Å². The standard InChI is InChI=1S/C15H20N4O2/c1-18-8-7-17-14(18)10-19(2)15(20)11-21-13-5-3-12(9-16)4-6-13/h3-8H,9-11,16H2,1-2H3. The first-order valence-electron chi connectivity index (χ1n) is 6.72. The van der Waals surface area contributed by atoms with Crippen LogP contribution in [0.4, 0.5) is 0 Å². The molecule has 21 heavy (non-hydrogen) atoms. The Morgan fingerprint density at radius 1 is 1.38 bits per heavy atom. The van der Waals surface area contributed by atoms with Gasteiger partial charge in [-0.25, -0.2) is 4.98 Å². The first-order chi connectivity index (χ1) is 10.1. The Balaban J connectivity index is 1.84. The maximum Gasteiger partial charge on any atom is 0.260 e. The highest BCUT2D eigenvalue weighted by Gasteiger charge is 2.12. The summed E-state index contributed by atoms with van der Waals surface area (Å²) in [5.74, 6) is 1.39. The molecule has 0 aliphatic carbocycles. The Bertz CT molecular complexity index is 592. The van der Waals surface area contributed by atoms with Crippen molar-refractivity contribution in [2.24, 2.45) is 12.8 Å². The Hall–Kier alpha value is -2.34. The van der Waals surface area contributed by atoms with Crippen molar-refractivity contribution in [3.8, 4) is 5.75 Å². The smallest absolute Gasteiger partial charge is 0.260 e. The lowest BCUT2D eigenvalue weighted by molar-refractivity contribution is -0.132. The molecule has 0 atom stereocenters. The van der Waals surface area contributed by atoms with Gasteiger partial charge in [0, 0.05) is 33.0 Å². The summed E-state index contributed by atoms with van der Waals surface area (Å²) in [5, 5.41) is 0. The number of carbonyl (C=O) groups excluding carboxylic acids is 1. The summed E-state index contributed by atoms with van der Waals surface area (Å²) in [6.45, 7) is 0.951. The average Bonchev–Trinajstić information content (AvgIpc) is 2.90. The zero-order valence-corrected chi connectivity index (χ0v) is 12.3. The van der Waals surface area contributed by atoms with E-state index in [0.29, 0.717) is 18.8 Å². The molecule has 112 valence electrons. The molecule has 0 saturated carbocycles. The van der Waals surface area contributed by atoms with E-state index >= 15 is 0 Å². The zero-order valence-electron chi connectivity index (χ0n) is 12.3. The van der Waals surface area contributed by atoms with Crippen LogP contribution >= 0.6 is 0 Å². The van der Waals surface area contributed by atoms with Crippen molar-refractivity contribution in [1.29, 1.82) is 0 Å². The lowest BCUT2D eigenvalue weighted by Gasteiger charge is -2.17. The number of aromatic nitrogens is 2. The third-order valence-electron chi connectivity index (χ3n) is 3.25. The Morgan fingerprint density at radius 3 is 2.67 bits per heavy atom. The molecule has 0 radical (unpaired) electrons. The monoisotopic (exact) mass is 288 g/mol. The molecule has 2 N–H and O–H groups in total. The van der Waals surface area contributed by atoms with Crippen LogP contribution in [0.1, 0.15) is 11.4 Å². The molecular weight excluding hydrogens is 268 g/mol. The summed E-state index contributed by atoms with van der Waals surface area (Å²) in [6.07, 6.45) is 3.56. The molecule has 1 heterocycles. The van der Waals surface area contributed by atoms with Crippen LogP contribution < -0.4 is 10.5 Å². The van der Waals surface area contributed by atoms with E-state index in [1.807, 2.05) is 42.1 Å². The van der Waals surface area contributed by atoms with E-state index in [2.05, 4.69) is 4.98 Å². The number of likely N-dealkylation sites (N-methyl/N-ethyl adjacent to an activating group) is 1. The van der Waals surface area contributed by atoms with Crippen LogP contribution in [0, 0.1) is 0 Å². The molecule has 0 fully saturated rings. The van der Waals surface area contributed by atoms with Crippen LogP contribution in [0.2, 0.25) is 0 Å². The van der Waals surface area contributed by atoms with Crippen molar-refractivity contribution in [2.75, 3.05) is 13.7 Å². The molecule has 0 unspecified atom stereocenters. The summed E-state index contributed by atoms with van der Waals surface area (Å²) in [7, 11) is 3.63. The fraction of sp³-hybridized carbons (Fsp3) is 0.333. The molecule has 0 spiro atoms. The predicted molar refractivity (Wildman–Crippen MR) is 79.5 cm³/mol. The molecule has 6 heteroatoms. The SMILES string of the molecule is CN(Cc1nccn1C)C(=O)COc1ccc(CN)cc1. The van der Waals surface area contributed by atoms with E-state index in [9.17, 15) is 4.79 Å². The van der Waals surface area contributed by atoms with Gasteiger partial charge in [0.15, 0.2) is 6.61 Å². The Labute approximate surface area is 124 Å². The van der Waals surface area contributed by atoms with E-state index in [1.165, 1.54) is 0 Å². The van der Waals surface area contributed by atoms with Gasteiger partial charge < -0.3 is 19.9 Å². The van der Waals surface area contributed by atoms with E-state index < -0.39 is 0 Å². The van der Waals surface area contributed by atoms with Gasteiger partial charge in [-0.05, 0) is 17.7 Å². The molecule has 0 saturated heterocycles. The normalized spacial score (nSPS) is 10.4. The fourth-order valence-electron chi connectivity index (χ4n) is 1.83. The van der Waals surface area contributed by atoms with Crippen molar-refractivity contribution in [2.45, 2.75) is 13.1 Å². The van der Waals surface area contributed by atoms with E-state index in [0.717, 1.165) is 11.4 Å². The molecule has 1 aromatic carbocycles. The minimum atomic E-state index is -0.0964. The molecule has 0 aliphatic rings. The number of amides is 1. The maximum absolute atomic E-state index is 12.0. The minimum Gasteiger partial charge on any atom is -0.484 e. The number of rotatable bonds is 6. The van der Waals surface area contributed by atoms with Gasteiger partial charge in [-0.1, -0.05) is 12.1 Å². The highest BCUT2D eigenvalue weighted by atomic mass is 16.5. The first kappa shape index (κ1) is 15.1. The van der Waals surface area contributed by atoms with Gasteiger partial charge >= 0.3 is 0 Å². The molecule has 2 aromatic rings. The number of ether oxygens (including phenoxy) is 1. The van der Waals surface area contributed by atoms with Crippen LogP contribution in [-0.2, 0) is 24.9 Å². The topological polar surface area (TPSA) is 73.4 Å². The minimum absolute atomic E-state index is 0.00287. The molecule has 0 bridgehead atoms. The second-order valence-corrected chi connectivity index (χ2v) is 4.84. The second-order valence-electron chi connectivity index (χ2n) is 4.84. The molecule has 1 amide bonds. The molecule has 1 aromatic heterocycles. The van der Waals surface area contributed by atoms with Crippen LogP contribution in [0.25, 0.3) is 0 Å². The summed E-state index contributed by atoms with van der Waals surface area (Å²) in [4.78, 5) is 17.8. The quantitative estimate of drug-likeness (QED) is 0.857. The van der Waals surface area contributed by atoms with Crippen molar-refractivity contribution < 1.29 is 9.53 Å². The van der Waals surface area contributed by atoms with Gasteiger partial charge in [0.1, 0.15) is 11.6 Å². The van der Waals surface area contributed by atoms with Crippen LogP contribution in [0.3, 0.4) is 0 Å². The number of hydrogen-bond donors (Lipinski definition) is 1. The Kier molecular flexibility index (Phi) is 4.94. The van der Waals surface area contributed by atoms with E-state index in [1.54, 1.807) is 18.1 Å². The molecular formula is C15H20N4O2. The fourth-order valence-corrected chi connectivity index (χ4v) is 1.83. The first-order valence-corrected chi connectivity index (χ1v) is 6.72. The van der Waals surface area contributed by atoms with Crippen LogP contribution in [0.5, 0.6) is 5.75 Å². The highest BCUT2D eigenvalue weighted by molar-refractivity contribution is 5.77. The van der Waals surface area contributed by atoms with Gasteiger partial charge in [0.25, 0.3) is 5.91 Å². The van der Waals surface area contributed by atoms with E-state index in [4.69, 9.17) is 10.5 Å². The number of nitrogens with zero attached hydrogens (tertiary/aromatic N) is 3. The van der Waals surface area contributed by atoms with Gasteiger partial charge in [-0.15, -0.1) is 0 Å². The molecule has 0 aliphatic heterocycles. The zero-order chi connectivity index (χ0) is 15.2. The molecule has 6 nitrogen and oxygen atoms in total. The third kappa shape index (κ3) is 4.06. The summed E-state index contributed by atoms with van der Waals surface area (Å²) >= 11 is 0. The Morgan fingerprint density at radius 2 is 2.10 bits per heavy atom. The van der Waals surface area contributed by atoms with Crippen LogP contribution in [-0.4, -0.2) is 34.0 Å². The highest BCUT2D eigenvalue weighted by Crippen LogP contribution is 2.12. The number of aryl methyl sites for hydroxylation is 1. The number of imidazole rings is 1. The van der Waals surface area contributed by atoms with Gasteiger partial charge in [0.2, 0.25) is 0 Å². The van der Waals surface area contributed by atoms with Crippen molar-refractivity contribution in [1.82, 2.24) is 14.5 Å². The molecule has 2 rings (SSSR count). The van der Waals surface area contributed by atoms with Crippen molar-refractivity contribution in [3.63, 3.8) is 0 Å². The van der Waals surface area contributed by atoms with Gasteiger partial charge in [0.05, 0.1) is 6.54 Å². The largest absolute Gasteiger partial charge is 0.484 e. The average molecular weight is 288 g/mol. The number of hydrogen-bond acceptors (Lipinski definition) is 4. The predicted octanol–water partition coefficient (Wildman–Crippen LogP) is 0.916. The van der Waals surface area contributed by atoms with Crippen molar-refractivity contribution in [3.05, 3.63) is 48.0 Å². The van der Waals surface area contributed by atoms with Crippen molar-refractivity contribution >= 4 is 5.91 Å². The summed E-state index contributed by atoms with van der Waals surface area (Å²) in [6, 6.07) is 7.40. The lowest BCUT2D eigenvalue weighted by atomic mass is 10.2. The number of benzene rings is 1. The van der Waals surface area contributed by atoms with Crippen LogP contribution in [0.15, 0.2) is 36.7 Å². The second kappa shape index (κ2) is 6.90. The summed E-state index contributed by atoms with van der Waals surface area (Å²) < 4.78 is 7.36.